The molecule has 2 atom stereocenters. The van der Waals surface area contributed by atoms with Gasteiger partial charge in [0.1, 0.15) is 0 Å². The number of carbonyl (C=O) groups excluding carboxylic acids is 1. The second-order valence-corrected chi connectivity index (χ2v) is 6.28. The normalized spacial score (nSPS) is 19.9. The Morgan fingerprint density at radius 3 is 2.80 bits per heavy atom. The molecule has 1 saturated heterocycles. The lowest BCUT2D eigenvalue weighted by Gasteiger charge is -2.17. The highest BCUT2D eigenvalue weighted by Gasteiger charge is 2.32. The van der Waals surface area contributed by atoms with Crippen molar-refractivity contribution >= 4 is 23.4 Å². The number of amides is 1. The van der Waals surface area contributed by atoms with E-state index in [1.54, 1.807) is 28.8 Å². The second-order valence-electron chi connectivity index (χ2n) is 5.05. The van der Waals surface area contributed by atoms with Gasteiger partial charge in [0, 0.05) is 18.8 Å². The average molecular weight is 290 g/mol. The van der Waals surface area contributed by atoms with Crippen LogP contribution in [-0.2, 0) is 4.79 Å². The van der Waals surface area contributed by atoms with Crippen molar-refractivity contribution in [3.8, 4) is 6.07 Å². The molecule has 106 valence electrons. The molecule has 5 heteroatoms. The van der Waals surface area contributed by atoms with Crippen LogP contribution in [0.25, 0.3) is 0 Å². The first-order chi connectivity index (χ1) is 9.65. The number of hydrogen-bond acceptors (Lipinski definition) is 4. The van der Waals surface area contributed by atoms with Gasteiger partial charge in [0.05, 0.1) is 16.9 Å². The van der Waals surface area contributed by atoms with Gasteiger partial charge in [0.2, 0.25) is 5.91 Å². The fourth-order valence-electron chi connectivity index (χ4n) is 2.11. The molecule has 0 radical (unpaired) electrons. The van der Waals surface area contributed by atoms with Gasteiger partial charge in [-0.2, -0.15) is 5.26 Å². The van der Waals surface area contributed by atoms with Crippen LogP contribution < -0.4 is 4.90 Å². The molecule has 20 heavy (non-hydrogen) atoms. The summed E-state index contributed by atoms with van der Waals surface area (Å²) < 4.78 is 0. The molecule has 0 spiro atoms. The van der Waals surface area contributed by atoms with Gasteiger partial charge in [-0.25, -0.2) is 0 Å². The van der Waals surface area contributed by atoms with E-state index in [1.165, 1.54) is 0 Å². The van der Waals surface area contributed by atoms with Gasteiger partial charge < -0.3 is 10.0 Å². The molecule has 1 aliphatic heterocycles. The van der Waals surface area contributed by atoms with Crippen LogP contribution in [0, 0.1) is 17.2 Å². The van der Waals surface area contributed by atoms with Gasteiger partial charge in [-0.15, -0.1) is 11.8 Å². The highest BCUT2D eigenvalue weighted by Crippen LogP contribution is 2.29. The molecule has 0 unspecified atom stereocenters. The fourth-order valence-corrected chi connectivity index (χ4v) is 3.32. The van der Waals surface area contributed by atoms with Crippen LogP contribution in [0.2, 0.25) is 0 Å². The van der Waals surface area contributed by atoms with E-state index in [-0.39, 0.29) is 23.7 Å². The Bertz CT molecular complexity index is 510. The van der Waals surface area contributed by atoms with E-state index in [9.17, 15) is 4.79 Å². The number of hydrogen-bond donors (Lipinski definition) is 1. The average Bonchev–Trinajstić information content (AvgIpc) is 2.86. The van der Waals surface area contributed by atoms with Crippen LogP contribution in [0.15, 0.2) is 24.3 Å². The Morgan fingerprint density at radius 1 is 1.50 bits per heavy atom. The topological polar surface area (TPSA) is 64.3 Å². The molecule has 1 amide bonds. The predicted molar refractivity (Wildman–Crippen MR) is 80.6 cm³/mol. The maximum atomic E-state index is 12.3. The van der Waals surface area contributed by atoms with Gasteiger partial charge in [0.15, 0.2) is 0 Å². The maximum Gasteiger partial charge on any atom is 0.240 e. The number of rotatable bonds is 5. The minimum Gasteiger partial charge on any atom is -0.396 e. The number of thioether (sulfide) groups is 1. The molecule has 0 aromatic heterocycles. The molecular weight excluding hydrogens is 272 g/mol. The van der Waals surface area contributed by atoms with Crippen LogP contribution in [0.4, 0.5) is 5.69 Å². The van der Waals surface area contributed by atoms with Gasteiger partial charge in [-0.1, -0.05) is 6.92 Å². The SMILES string of the molecule is C[C@H](CO)CS[C@@H]1CCN(c2ccc(C#N)cc2)C1=O. The largest absolute Gasteiger partial charge is 0.396 e. The van der Waals surface area contributed by atoms with Crippen molar-refractivity contribution in [3.05, 3.63) is 29.8 Å². The van der Waals surface area contributed by atoms with Crippen molar-refractivity contribution < 1.29 is 9.90 Å². The number of aliphatic hydroxyl groups excluding tert-OH is 1. The van der Waals surface area contributed by atoms with E-state index in [0.29, 0.717) is 5.56 Å². The summed E-state index contributed by atoms with van der Waals surface area (Å²) in [7, 11) is 0. The first-order valence-electron chi connectivity index (χ1n) is 6.69. The summed E-state index contributed by atoms with van der Waals surface area (Å²) in [6.07, 6.45) is 0.835. The third kappa shape index (κ3) is 3.33. The first kappa shape index (κ1) is 14.9. The van der Waals surface area contributed by atoms with E-state index in [2.05, 4.69) is 6.07 Å². The Morgan fingerprint density at radius 2 is 2.20 bits per heavy atom. The van der Waals surface area contributed by atoms with Crippen LogP contribution >= 0.6 is 11.8 Å². The number of benzene rings is 1. The van der Waals surface area contributed by atoms with Crippen LogP contribution in [-0.4, -0.2) is 35.2 Å². The number of aliphatic hydroxyl groups is 1. The molecule has 0 saturated carbocycles. The Labute approximate surface area is 123 Å². The summed E-state index contributed by atoms with van der Waals surface area (Å²) in [5.41, 5.74) is 1.45. The van der Waals surface area contributed by atoms with Crippen molar-refractivity contribution in [2.75, 3.05) is 23.8 Å². The first-order valence-corrected chi connectivity index (χ1v) is 7.74. The summed E-state index contributed by atoms with van der Waals surface area (Å²) in [4.78, 5) is 14.1. The lowest BCUT2D eigenvalue weighted by molar-refractivity contribution is -0.116. The van der Waals surface area contributed by atoms with Crippen molar-refractivity contribution in [2.45, 2.75) is 18.6 Å². The lowest BCUT2D eigenvalue weighted by atomic mass is 10.2. The second kappa shape index (κ2) is 6.78. The van der Waals surface area contributed by atoms with E-state index < -0.39 is 0 Å². The molecule has 0 bridgehead atoms. The van der Waals surface area contributed by atoms with Gasteiger partial charge >= 0.3 is 0 Å². The minimum absolute atomic E-state index is 0.0142. The van der Waals surface area contributed by atoms with E-state index in [0.717, 1.165) is 24.4 Å². The molecule has 2 rings (SSSR count). The summed E-state index contributed by atoms with van der Waals surface area (Å²) >= 11 is 1.63. The molecule has 1 aromatic carbocycles. The molecule has 4 nitrogen and oxygen atoms in total. The monoisotopic (exact) mass is 290 g/mol. The highest BCUT2D eigenvalue weighted by molar-refractivity contribution is 8.00. The summed E-state index contributed by atoms with van der Waals surface area (Å²) in [6.45, 7) is 2.86. The van der Waals surface area contributed by atoms with Gasteiger partial charge in [-0.05, 0) is 42.4 Å². The standard InChI is InChI=1S/C15H18N2O2S/c1-11(9-18)10-20-14-6-7-17(15(14)19)13-4-2-12(8-16)3-5-13/h2-5,11,14,18H,6-7,9-10H2,1H3/t11-,14-/m1/s1. The third-order valence-corrected chi connectivity index (χ3v) is 4.96. The van der Waals surface area contributed by atoms with Crippen LogP contribution in [0.3, 0.4) is 0 Å². The number of anilines is 1. The summed E-state index contributed by atoms with van der Waals surface area (Å²) in [6, 6.07) is 9.18. The smallest absolute Gasteiger partial charge is 0.240 e. The minimum atomic E-state index is -0.0142. The molecule has 0 aliphatic carbocycles. The molecule has 1 N–H and O–H groups in total. The van der Waals surface area contributed by atoms with Crippen LogP contribution in [0.1, 0.15) is 18.9 Å². The highest BCUT2D eigenvalue weighted by atomic mass is 32.2. The van der Waals surface area contributed by atoms with Crippen molar-refractivity contribution in [2.24, 2.45) is 5.92 Å². The van der Waals surface area contributed by atoms with Crippen molar-refractivity contribution in [1.29, 1.82) is 5.26 Å². The van der Waals surface area contributed by atoms with Crippen molar-refractivity contribution in [3.63, 3.8) is 0 Å². The maximum absolute atomic E-state index is 12.3. The number of nitrogens with zero attached hydrogens (tertiary/aromatic N) is 2. The summed E-state index contributed by atoms with van der Waals surface area (Å²) in [5, 5.41) is 17.8. The van der Waals surface area contributed by atoms with Gasteiger partial charge in [0.25, 0.3) is 0 Å². The summed E-state index contributed by atoms with van der Waals surface area (Å²) in [5.74, 6) is 1.15. The molecule has 1 aliphatic rings. The van der Waals surface area contributed by atoms with Gasteiger partial charge in [-0.3, -0.25) is 4.79 Å². The number of nitriles is 1. The van der Waals surface area contributed by atoms with Crippen molar-refractivity contribution in [1.82, 2.24) is 0 Å². The molecule has 1 fully saturated rings. The third-order valence-electron chi connectivity index (χ3n) is 3.36. The van der Waals surface area contributed by atoms with E-state index in [4.69, 9.17) is 10.4 Å². The zero-order valence-electron chi connectivity index (χ0n) is 11.5. The van der Waals surface area contributed by atoms with Crippen LogP contribution in [0.5, 0.6) is 0 Å². The predicted octanol–water partition coefficient (Wildman–Crippen LogP) is 2.03. The molecule has 1 aromatic rings. The number of carbonyl (C=O) groups is 1. The van der Waals surface area contributed by atoms with E-state index >= 15 is 0 Å². The lowest BCUT2D eigenvalue weighted by Crippen LogP contribution is -2.28. The molecule has 1 heterocycles. The fraction of sp³-hybridized carbons (Fsp3) is 0.467. The quantitative estimate of drug-likeness (QED) is 0.901. The Balaban J connectivity index is 1.98. The Hall–Kier alpha value is -1.51. The Kier molecular flexibility index (Phi) is 5.05. The molecular formula is C15H18N2O2S. The zero-order valence-corrected chi connectivity index (χ0v) is 12.3. The zero-order chi connectivity index (χ0) is 14.5. The van der Waals surface area contributed by atoms with E-state index in [1.807, 2.05) is 19.1 Å².